The number of anilines is 2. The van der Waals surface area contributed by atoms with Gasteiger partial charge in [0, 0.05) is 46.5 Å². The number of H-pyrrole nitrogens is 2. The number of carbonyl (C=O) groups is 2. The number of hydrogen-bond donors (Lipinski definition) is 4. The Kier molecular flexibility index (Phi) is 5.76. The van der Waals surface area contributed by atoms with Crippen molar-refractivity contribution in [3.63, 3.8) is 0 Å². The third-order valence-electron chi connectivity index (χ3n) is 4.39. The Labute approximate surface area is 170 Å². The number of benzene rings is 2. The Morgan fingerprint density at radius 2 is 1.28 bits per heavy atom. The number of amides is 2. The molecule has 29 heavy (non-hydrogen) atoms. The van der Waals surface area contributed by atoms with E-state index in [9.17, 15) is 9.59 Å². The fourth-order valence-electron chi connectivity index (χ4n) is 2.92. The second-order valence-electron chi connectivity index (χ2n) is 6.55. The smallest absolute Gasteiger partial charge is 0.225 e. The maximum absolute atomic E-state index is 12.1. The van der Waals surface area contributed by atoms with Crippen molar-refractivity contribution >= 4 is 56.8 Å². The molecule has 0 aliphatic rings. The summed E-state index contributed by atoms with van der Waals surface area (Å²) in [5.74, 6) is 1.23. The normalized spacial score (nSPS) is 11.0. The van der Waals surface area contributed by atoms with Crippen LogP contribution in [-0.2, 0) is 9.59 Å². The van der Waals surface area contributed by atoms with Gasteiger partial charge in [-0.25, -0.2) is 0 Å². The van der Waals surface area contributed by atoms with Gasteiger partial charge in [-0.15, -0.1) is 0 Å². The first-order valence-electron chi connectivity index (χ1n) is 9.21. The molecule has 2 heterocycles. The molecule has 0 bridgehead atoms. The molecule has 0 spiro atoms. The van der Waals surface area contributed by atoms with Crippen LogP contribution in [0.1, 0.15) is 12.8 Å². The van der Waals surface area contributed by atoms with Crippen LogP contribution in [0.5, 0.6) is 0 Å². The largest absolute Gasteiger partial charge is 0.326 e. The Bertz CT molecular complexity index is 1060. The second kappa shape index (κ2) is 8.78. The molecular weight excluding hydrogens is 388 g/mol. The lowest BCUT2D eigenvalue weighted by atomic mass is 10.2. The first-order chi connectivity index (χ1) is 14.2. The molecule has 0 saturated heterocycles. The summed E-state index contributed by atoms with van der Waals surface area (Å²) < 4.78 is 0. The molecule has 4 aromatic rings. The highest BCUT2D eigenvalue weighted by Crippen LogP contribution is 2.18. The predicted molar refractivity (Wildman–Crippen MR) is 116 cm³/mol. The fraction of sp³-hybridized carbons (Fsp3) is 0.200. The third kappa shape index (κ3) is 4.94. The zero-order chi connectivity index (χ0) is 20.1. The van der Waals surface area contributed by atoms with Crippen molar-refractivity contribution in [2.24, 2.45) is 0 Å². The summed E-state index contributed by atoms with van der Waals surface area (Å²) in [5.41, 5.74) is 3.37. The maximum Gasteiger partial charge on any atom is 0.225 e. The molecule has 4 N–H and O–H groups in total. The molecular formula is C20H20N6O2S. The van der Waals surface area contributed by atoms with E-state index in [1.807, 2.05) is 36.4 Å². The summed E-state index contributed by atoms with van der Waals surface area (Å²) in [5, 5.41) is 21.4. The maximum atomic E-state index is 12.1. The first kappa shape index (κ1) is 19.0. The molecule has 0 unspecified atom stereocenters. The monoisotopic (exact) mass is 408 g/mol. The minimum atomic E-state index is -0.0433. The van der Waals surface area contributed by atoms with Gasteiger partial charge in [0.2, 0.25) is 11.8 Å². The minimum absolute atomic E-state index is 0.0433. The molecule has 9 heteroatoms. The van der Waals surface area contributed by atoms with Crippen molar-refractivity contribution in [3.8, 4) is 0 Å². The molecule has 8 nitrogen and oxygen atoms in total. The van der Waals surface area contributed by atoms with Gasteiger partial charge in [0.25, 0.3) is 0 Å². The van der Waals surface area contributed by atoms with E-state index in [2.05, 4.69) is 31.0 Å². The zero-order valence-corrected chi connectivity index (χ0v) is 16.4. The third-order valence-corrected chi connectivity index (χ3v) is 5.38. The fourth-order valence-corrected chi connectivity index (χ4v) is 3.78. The summed E-state index contributed by atoms with van der Waals surface area (Å²) >= 11 is 1.59. The molecule has 0 aliphatic carbocycles. The van der Waals surface area contributed by atoms with E-state index < -0.39 is 0 Å². The molecule has 148 valence electrons. The number of nitrogens with zero attached hydrogens (tertiary/aromatic N) is 2. The van der Waals surface area contributed by atoms with Gasteiger partial charge in [-0.2, -0.15) is 22.0 Å². The van der Waals surface area contributed by atoms with Crippen molar-refractivity contribution in [1.82, 2.24) is 20.4 Å². The van der Waals surface area contributed by atoms with Crippen LogP contribution in [0.3, 0.4) is 0 Å². The molecule has 2 aromatic heterocycles. The highest BCUT2D eigenvalue weighted by molar-refractivity contribution is 7.99. The number of aromatic amines is 2. The van der Waals surface area contributed by atoms with Crippen LogP contribution in [-0.4, -0.2) is 43.7 Å². The van der Waals surface area contributed by atoms with Crippen LogP contribution >= 0.6 is 11.8 Å². The van der Waals surface area contributed by atoms with Gasteiger partial charge < -0.3 is 10.6 Å². The number of nitrogens with one attached hydrogen (secondary N) is 4. The van der Waals surface area contributed by atoms with E-state index in [-0.39, 0.29) is 11.8 Å². The topological polar surface area (TPSA) is 116 Å². The number of aromatic nitrogens is 4. The number of rotatable bonds is 8. The molecule has 0 radical (unpaired) electrons. The van der Waals surface area contributed by atoms with E-state index in [0.29, 0.717) is 24.3 Å². The summed E-state index contributed by atoms with van der Waals surface area (Å²) in [4.78, 5) is 24.2. The highest BCUT2D eigenvalue weighted by atomic mass is 32.2. The number of carbonyl (C=O) groups excluding carboxylic acids is 2. The Balaban J connectivity index is 1.14. The Hall–Kier alpha value is -3.33. The van der Waals surface area contributed by atoms with Crippen molar-refractivity contribution < 1.29 is 9.59 Å². The zero-order valence-electron chi connectivity index (χ0n) is 15.6. The summed E-state index contributed by atoms with van der Waals surface area (Å²) in [7, 11) is 0. The lowest BCUT2D eigenvalue weighted by Gasteiger charge is -2.06. The number of hydrogen-bond acceptors (Lipinski definition) is 5. The quantitative estimate of drug-likeness (QED) is 0.333. The molecule has 4 rings (SSSR count). The molecule has 0 aliphatic heterocycles. The Morgan fingerprint density at radius 1 is 0.793 bits per heavy atom. The van der Waals surface area contributed by atoms with Gasteiger partial charge >= 0.3 is 0 Å². The highest BCUT2D eigenvalue weighted by Gasteiger charge is 2.06. The van der Waals surface area contributed by atoms with Crippen LogP contribution in [0.2, 0.25) is 0 Å². The minimum Gasteiger partial charge on any atom is -0.326 e. The lowest BCUT2D eigenvalue weighted by Crippen LogP contribution is -2.14. The van der Waals surface area contributed by atoms with Gasteiger partial charge in [-0.05, 0) is 36.4 Å². The van der Waals surface area contributed by atoms with Gasteiger partial charge in [0.1, 0.15) is 0 Å². The van der Waals surface area contributed by atoms with Gasteiger partial charge in [-0.3, -0.25) is 19.8 Å². The molecule has 2 amide bonds. The van der Waals surface area contributed by atoms with Crippen molar-refractivity contribution in [1.29, 1.82) is 0 Å². The summed E-state index contributed by atoms with van der Waals surface area (Å²) in [6, 6.07) is 11.2. The van der Waals surface area contributed by atoms with Crippen LogP contribution in [0.25, 0.3) is 21.8 Å². The predicted octanol–water partition coefficient (Wildman–Crippen LogP) is 3.53. The van der Waals surface area contributed by atoms with Crippen molar-refractivity contribution in [2.45, 2.75) is 12.8 Å². The van der Waals surface area contributed by atoms with Crippen molar-refractivity contribution in [3.05, 3.63) is 48.8 Å². The van der Waals surface area contributed by atoms with E-state index in [0.717, 1.165) is 33.2 Å². The number of fused-ring (bicyclic) bond motifs is 2. The molecule has 0 fully saturated rings. The van der Waals surface area contributed by atoms with Crippen LogP contribution in [0.4, 0.5) is 11.4 Å². The SMILES string of the molecule is O=C(CCSCCC(=O)Nc1ccc2[nH]ncc2c1)Nc1ccc2[nH]ncc2c1. The average Bonchev–Trinajstić information content (AvgIpc) is 3.36. The molecule has 0 atom stereocenters. The van der Waals surface area contributed by atoms with Crippen molar-refractivity contribution in [2.75, 3.05) is 22.1 Å². The van der Waals surface area contributed by atoms with Gasteiger partial charge in [0.05, 0.1) is 23.4 Å². The van der Waals surface area contributed by atoms with Crippen LogP contribution < -0.4 is 10.6 Å². The van der Waals surface area contributed by atoms with E-state index >= 15 is 0 Å². The van der Waals surface area contributed by atoms with Gasteiger partial charge in [0.15, 0.2) is 0 Å². The molecule has 2 aromatic carbocycles. The summed E-state index contributed by atoms with van der Waals surface area (Å²) in [6.07, 6.45) is 4.23. The van der Waals surface area contributed by atoms with Crippen LogP contribution in [0.15, 0.2) is 48.8 Å². The summed E-state index contributed by atoms with van der Waals surface area (Å²) in [6.45, 7) is 0. The van der Waals surface area contributed by atoms with E-state index in [1.54, 1.807) is 24.2 Å². The standard InChI is InChI=1S/C20H20N6O2S/c27-19(23-15-1-3-17-13(9-15)11-21-25-17)5-7-29-8-6-20(28)24-16-2-4-18-14(10-16)12-22-26-18/h1-4,9-12H,5-8H2,(H,21,25)(H,22,26)(H,23,27)(H,24,28). The van der Waals surface area contributed by atoms with Gasteiger partial charge in [-0.1, -0.05) is 0 Å². The lowest BCUT2D eigenvalue weighted by molar-refractivity contribution is -0.116. The average molecular weight is 408 g/mol. The number of thioether (sulfide) groups is 1. The first-order valence-corrected chi connectivity index (χ1v) is 10.4. The molecule has 0 saturated carbocycles. The van der Waals surface area contributed by atoms with E-state index in [1.165, 1.54) is 0 Å². The second-order valence-corrected chi connectivity index (χ2v) is 7.78. The van der Waals surface area contributed by atoms with Crippen LogP contribution in [0, 0.1) is 0 Å². The Morgan fingerprint density at radius 3 is 1.76 bits per heavy atom. The van der Waals surface area contributed by atoms with E-state index in [4.69, 9.17) is 0 Å².